The van der Waals surface area contributed by atoms with E-state index < -0.39 is 27.6 Å². The Hall–Kier alpha value is -0.700. The quantitative estimate of drug-likeness (QED) is 0.186. The van der Waals surface area contributed by atoms with Gasteiger partial charge in [-0.15, -0.1) is 0 Å². The molecular weight excluding hydrogens is 524 g/mol. The van der Waals surface area contributed by atoms with Gasteiger partial charge in [-0.25, -0.2) is 8.42 Å². The van der Waals surface area contributed by atoms with Crippen molar-refractivity contribution in [1.82, 2.24) is 5.32 Å². The van der Waals surface area contributed by atoms with E-state index in [1.165, 1.54) is 64.2 Å². The molecule has 2 N–H and O–H groups in total. The molecule has 4 aliphatic carbocycles. The summed E-state index contributed by atoms with van der Waals surface area (Å²) in [5.41, 5.74) is 0.852. The normalized spacial score (nSPS) is 38.5. The molecular formula is C32H58N2O5S. The van der Waals surface area contributed by atoms with Crippen molar-refractivity contribution in [3.05, 3.63) is 0 Å². The van der Waals surface area contributed by atoms with Gasteiger partial charge in [0.05, 0.1) is 33.7 Å². The van der Waals surface area contributed by atoms with Crippen LogP contribution >= 0.6 is 0 Å². The zero-order chi connectivity index (χ0) is 29.6. The van der Waals surface area contributed by atoms with Crippen LogP contribution in [0.15, 0.2) is 0 Å². The lowest BCUT2D eigenvalue weighted by molar-refractivity contribution is -0.929. The van der Waals surface area contributed by atoms with E-state index in [9.17, 15) is 22.9 Å². The minimum absolute atomic E-state index is 0.193. The van der Waals surface area contributed by atoms with Crippen LogP contribution < -0.4 is 5.32 Å². The number of carbonyl (C=O) groups excluding carboxylic acids is 1. The second-order valence-electron chi connectivity index (χ2n) is 15.3. The average Bonchev–Trinajstić information content (AvgIpc) is 3.23. The highest BCUT2D eigenvalue weighted by molar-refractivity contribution is 7.86. The summed E-state index contributed by atoms with van der Waals surface area (Å²) in [5, 5.41) is 12.4. The van der Waals surface area contributed by atoms with E-state index in [-0.39, 0.29) is 17.3 Å². The third-order valence-corrected chi connectivity index (χ3v) is 14.8. The van der Waals surface area contributed by atoms with Crippen LogP contribution in [0.25, 0.3) is 0 Å². The molecule has 5 unspecified atom stereocenters. The Labute approximate surface area is 244 Å². The molecule has 0 aromatic carbocycles. The molecule has 0 saturated heterocycles. The second-order valence-corrected chi connectivity index (χ2v) is 16.9. The largest absolute Gasteiger partial charge is 0.742 e. The van der Waals surface area contributed by atoms with Crippen LogP contribution in [0.3, 0.4) is 0 Å². The van der Waals surface area contributed by atoms with Crippen molar-refractivity contribution < 1.29 is 27.4 Å². The van der Waals surface area contributed by atoms with E-state index >= 15 is 0 Å². The number of aliphatic hydroxyl groups is 1. The molecule has 8 heteroatoms. The Balaban J connectivity index is 1.43. The fraction of sp³-hybridized carbons (Fsp3) is 0.969. The highest BCUT2D eigenvalue weighted by Gasteiger charge is 2.60. The van der Waals surface area contributed by atoms with Crippen LogP contribution in [-0.4, -0.2) is 60.7 Å². The Kier molecular flexibility index (Phi) is 9.48. The Morgan fingerprint density at radius 3 is 2.40 bits per heavy atom. The van der Waals surface area contributed by atoms with E-state index in [1.54, 1.807) is 14.1 Å². The number of hydrogen-bond donors (Lipinski definition) is 2. The molecule has 0 bridgehead atoms. The molecule has 0 aromatic rings. The summed E-state index contributed by atoms with van der Waals surface area (Å²) < 4.78 is 37.5. The summed E-state index contributed by atoms with van der Waals surface area (Å²) in [6.07, 6.45) is 14.9. The van der Waals surface area contributed by atoms with Crippen molar-refractivity contribution in [2.45, 2.75) is 123 Å². The lowest BCUT2D eigenvalue weighted by atomic mass is 9.44. The Bertz CT molecular complexity index is 1020. The molecule has 4 aliphatic rings. The molecule has 0 aromatic heterocycles. The van der Waals surface area contributed by atoms with Crippen LogP contribution in [-0.2, 0) is 14.9 Å². The molecule has 7 nitrogen and oxygen atoms in total. The highest BCUT2D eigenvalue weighted by atomic mass is 32.2. The number of aliphatic hydroxyl groups excluding tert-OH is 1. The summed E-state index contributed by atoms with van der Waals surface area (Å²) >= 11 is 0. The number of amides is 1. The van der Waals surface area contributed by atoms with Crippen molar-refractivity contribution in [2.75, 3.05) is 27.2 Å². The van der Waals surface area contributed by atoms with Gasteiger partial charge in [0.25, 0.3) is 4.99 Å². The maximum atomic E-state index is 13.3. The van der Waals surface area contributed by atoms with Crippen molar-refractivity contribution in [2.24, 2.45) is 46.3 Å². The molecule has 4 saturated carbocycles. The van der Waals surface area contributed by atoms with Gasteiger partial charge < -0.3 is 9.66 Å². The number of nitrogens with one attached hydrogen (secondary N) is 1. The van der Waals surface area contributed by atoms with E-state index in [1.807, 2.05) is 6.92 Å². The van der Waals surface area contributed by atoms with Crippen LogP contribution in [0.4, 0.5) is 0 Å². The van der Waals surface area contributed by atoms with Crippen molar-refractivity contribution >= 4 is 16.0 Å². The molecule has 0 aliphatic heterocycles. The van der Waals surface area contributed by atoms with Gasteiger partial charge in [0, 0.05) is 6.42 Å². The average molecular weight is 583 g/mol. The summed E-state index contributed by atoms with van der Waals surface area (Å²) in [7, 11) is -1.64. The first-order valence-electron chi connectivity index (χ1n) is 16.4. The second kappa shape index (κ2) is 11.8. The van der Waals surface area contributed by atoms with E-state index in [2.05, 4.69) is 26.1 Å². The van der Waals surface area contributed by atoms with Crippen LogP contribution in [0.2, 0.25) is 0 Å². The van der Waals surface area contributed by atoms with Crippen LogP contribution in [0.1, 0.15) is 118 Å². The van der Waals surface area contributed by atoms with Gasteiger partial charge in [0.2, 0.25) is 5.91 Å². The Morgan fingerprint density at radius 1 is 1.05 bits per heavy atom. The molecule has 9 atom stereocenters. The minimum atomic E-state index is -4.94. The summed E-state index contributed by atoms with van der Waals surface area (Å²) in [5.74, 6) is 3.95. The smallest absolute Gasteiger partial charge is 0.267 e. The Morgan fingerprint density at radius 2 is 1.75 bits per heavy atom. The van der Waals surface area contributed by atoms with Gasteiger partial charge in [-0.1, -0.05) is 40.5 Å². The van der Waals surface area contributed by atoms with E-state index in [0.717, 1.165) is 23.7 Å². The number of fused-ring (bicyclic) bond motifs is 5. The zero-order valence-corrected chi connectivity index (χ0v) is 27.0. The molecule has 0 spiro atoms. The molecule has 40 heavy (non-hydrogen) atoms. The summed E-state index contributed by atoms with van der Waals surface area (Å²) in [6.45, 7) is 9.26. The first-order chi connectivity index (χ1) is 18.7. The van der Waals surface area contributed by atoms with Gasteiger partial charge in [-0.3, -0.25) is 14.6 Å². The first-order valence-corrected chi connectivity index (χ1v) is 17.8. The summed E-state index contributed by atoms with van der Waals surface area (Å²) in [4.78, 5) is 11.2. The number of quaternary nitrogens is 1. The van der Waals surface area contributed by atoms with E-state index in [0.29, 0.717) is 42.1 Å². The summed E-state index contributed by atoms with van der Waals surface area (Å²) in [6, 6.07) is 0. The lowest BCUT2D eigenvalue weighted by Gasteiger charge is -2.61. The maximum Gasteiger partial charge on any atom is 0.267 e. The topological polar surface area (TPSA) is 107 Å². The van der Waals surface area contributed by atoms with Gasteiger partial charge in [-0.05, 0) is 111 Å². The predicted octanol–water partition coefficient (Wildman–Crippen LogP) is 5.64. The fourth-order valence-corrected chi connectivity index (χ4v) is 12.3. The zero-order valence-electron chi connectivity index (χ0n) is 26.2. The third-order valence-electron chi connectivity index (χ3n) is 13.1. The molecule has 4 fully saturated rings. The monoisotopic (exact) mass is 582 g/mol. The van der Waals surface area contributed by atoms with Crippen molar-refractivity contribution in [3.63, 3.8) is 0 Å². The molecule has 0 radical (unpaired) electrons. The van der Waals surface area contributed by atoms with Gasteiger partial charge in [0.15, 0.2) is 10.1 Å². The number of hydrogen-bond acceptors (Lipinski definition) is 5. The number of nitrogens with zero attached hydrogens (tertiary/aromatic N) is 1. The fourth-order valence-electron chi connectivity index (χ4n) is 11.0. The van der Waals surface area contributed by atoms with Crippen LogP contribution in [0.5, 0.6) is 0 Å². The SMILES string of the molecule is CCC[N+](C)(C)C(CCO)(NC(=O)CC[C@@H](C)[C@H]1CCC2C3CCC4CCCC[C@]4(C)C3CC[C@@]21C)S(=O)(=O)[O-]. The van der Waals surface area contributed by atoms with E-state index in [4.69, 9.17) is 0 Å². The predicted molar refractivity (Wildman–Crippen MR) is 158 cm³/mol. The first kappa shape index (κ1) is 32.2. The van der Waals surface area contributed by atoms with Gasteiger partial charge in [0.1, 0.15) is 0 Å². The molecule has 4 rings (SSSR count). The van der Waals surface area contributed by atoms with Gasteiger partial charge in [-0.2, -0.15) is 0 Å². The third kappa shape index (κ3) is 5.41. The number of carbonyl (C=O) groups is 1. The molecule has 232 valence electrons. The number of rotatable bonds is 11. The minimum Gasteiger partial charge on any atom is -0.742 e. The van der Waals surface area contributed by atoms with Crippen LogP contribution in [0, 0.1) is 46.3 Å². The molecule has 1 amide bonds. The maximum absolute atomic E-state index is 13.3. The highest BCUT2D eigenvalue weighted by Crippen LogP contribution is 2.68. The van der Waals surface area contributed by atoms with Crippen molar-refractivity contribution in [1.29, 1.82) is 0 Å². The van der Waals surface area contributed by atoms with Crippen molar-refractivity contribution in [3.8, 4) is 0 Å². The molecule has 0 heterocycles. The van der Waals surface area contributed by atoms with Gasteiger partial charge >= 0.3 is 0 Å². The lowest BCUT2D eigenvalue weighted by Crippen LogP contribution is -2.72. The standard InChI is InChI=1S/C32H58N2O5S/c1-7-21-34(5,6)32(20-22-35,40(37,38)39)33-29(36)16-11-23(2)26-14-15-27-25-13-12-24-10-8-9-18-30(24,3)28(25)17-19-31(26,27)4/h23-28,35H,7-22H2,1-6H3,(H-,33,36,37,38,39)/t23-,24?,25?,26-,27?,28?,30+,31-,32?/m1/s1.